The lowest BCUT2D eigenvalue weighted by atomic mass is 10.0. The zero-order chi connectivity index (χ0) is 15.0. The van der Waals surface area contributed by atoms with Crippen LogP contribution in [0.1, 0.15) is 5.56 Å². The van der Waals surface area contributed by atoms with E-state index in [2.05, 4.69) is 15.9 Å². The molecule has 21 heavy (non-hydrogen) atoms. The summed E-state index contributed by atoms with van der Waals surface area (Å²) in [6.07, 6.45) is 0.693. The largest absolute Gasteiger partial charge is 0.326 e. The SMILES string of the molecule is NC1Cc2ccccc2N(S(=O)(=O)c2ccccc2Br)C1. The van der Waals surface area contributed by atoms with Gasteiger partial charge in [-0.05, 0) is 46.1 Å². The van der Waals surface area contributed by atoms with E-state index >= 15 is 0 Å². The van der Waals surface area contributed by atoms with Crippen LogP contribution in [-0.4, -0.2) is 21.0 Å². The highest BCUT2D eigenvalue weighted by Crippen LogP contribution is 2.33. The van der Waals surface area contributed by atoms with Crippen molar-refractivity contribution in [3.8, 4) is 0 Å². The number of para-hydroxylation sites is 1. The smallest absolute Gasteiger partial charge is 0.265 e. The number of hydrogen-bond acceptors (Lipinski definition) is 3. The summed E-state index contributed by atoms with van der Waals surface area (Å²) >= 11 is 3.32. The standard InChI is InChI=1S/C15H15BrN2O2S/c16-13-6-2-4-8-15(13)21(19,20)18-10-12(17)9-11-5-1-3-7-14(11)18/h1-8,12H,9-10,17H2. The summed E-state index contributed by atoms with van der Waals surface area (Å²) in [6.45, 7) is 0.292. The minimum Gasteiger partial charge on any atom is -0.326 e. The van der Waals surface area contributed by atoms with E-state index < -0.39 is 10.0 Å². The Hall–Kier alpha value is -1.37. The zero-order valence-electron chi connectivity index (χ0n) is 11.2. The van der Waals surface area contributed by atoms with Crippen LogP contribution < -0.4 is 10.0 Å². The fourth-order valence-electron chi connectivity index (χ4n) is 2.59. The van der Waals surface area contributed by atoms with E-state index in [1.54, 1.807) is 24.3 Å². The quantitative estimate of drug-likeness (QED) is 0.887. The normalized spacial score (nSPS) is 18.4. The fraction of sp³-hybridized carbons (Fsp3) is 0.200. The Bertz CT molecular complexity index is 777. The van der Waals surface area contributed by atoms with Crippen LogP contribution in [0, 0.1) is 0 Å². The Labute approximate surface area is 132 Å². The molecule has 0 saturated heterocycles. The molecule has 110 valence electrons. The van der Waals surface area contributed by atoms with E-state index in [4.69, 9.17) is 5.73 Å². The molecule has 0 bridgehead atoms. The molecule has 1 aliphatic heterocycles. The summed E-state index contributed by atoms with van der Waals surface area (Å²) in [6, 6.07) is 14.1. The third kappa shape index (κ3) is 2.59. The Balaban J connectivity index is 2.14. The third-order valence-electron chi connectivity index (χ3n) is 3.55. The second kappa shape index (κ2) is 5.44. The van der Waals surface area contributed by atoms with Gasteiger partial charge in [-0.2, -0.15) is 0 Å². The molecule has 1 unspecified atom stereocenters. The van der Waals surface area contributed by atoms with Crippen molar-refractivity contribution in [2.75, 3.05) is 10.8 Å². The number of rotatable bonds is 2. The first-order valence-corrected chi connectivity index (χ1v) is 8.84. The summed E-state index contributed by atoms with van der Waals surface area (Å²) in [5.41, 5.74) is 7.72. The van der Waals surface area contributed by atoms with Crippen LogP contribution in [0.2, 0.25) is 0 Å². The van der Waals surface area contributed by atoms with Crippen molar-refractivity contribution in [1.82, 2.24) is 0 Å². The average Bonchev–Trinajstić information content (AvgIpc) is 2.46. The van der Waals surface area contributed by atoms with E-state index in [1.807, 2.05) is 24.3 Å². The molecule has 0 radical (unpaired) electrons. The van der Waals surface area contributed by atoms with Gasteiger partial charge in [0.15, 0.2) is 0 Å². The van der Waals surface area contributed by atoms with Crippen LogP contribution in [0.4, 0.5) is 5.69 Å². The van der Waals surface area contributed by atoms with Gasteiger partial charge in [0.1, 0.15) is 4.90 Å². The molecule has 3 rings (SSSR count). The van der Waals surface area contributed by atoms with Crippen LogP contribution in [0.25, 0.3) is 0 Å². The zero-order valence-corrected chi connectivity index (χ0v) is 13.6. The van der Waals surface area contributed by atoms with Gasteiger partial charge in [-0.25, -0.2) is 8.42 Å². The van der Waals surface area contributed by atoms with Crippen molar-refractivity contribution in [1.29, 1.82) is 0 Å². The molecule has 6 heteroatoms. The molecule has 0 aromatic heterocycles. The van der Waals surface area contributed by atoms with Crippen LogP contribution in [0.3, 0.4) is 0 Å². The highest BCUT2D eigenvalue weighted by Gasteiger charge is 2.32. The molecule has 1 heterocycles. The topological polar surface area (TPSA) is 63.4 Å². The van der Waals surface area contributed by atoms with Gasteiger partial charge in [-0.15, -0.1) is 0 Å². The molecule has 2 aromatic carbocycles. The van der Waals surface area contributed by atoms with Gasteiger partial charge in [-0.3, -0.25) is 4.31 Å². The predicted octanol–water partition coefficient (Wildman–Crippen LogP) is 2.53. The van der Waals surface area contributed by atoms with Crippen molar-refractivity contribution in [3.63, 3.8) is 0 Å². The van der Waals surface area contributed by atoms with Gasteiger partial charge in [0.05, 0.1) is 5.69 Å². The molecule has 0 amide bonds. The van der Waals surface area contributed by atoms with Gasteiger partial charge in [0.2, 0.25) is 0 Å². The lowest BCUT2D eigenvalue weighted by molar-refractivity contribution is 0.575. The molecule has 4 nitrogen and oxygen atoms in total. The lowest BCUT2D eigenvalue weighted by Crippen LogP contribution is -2.46. The molecular formula is C15H15BrN2O2S. The fourth-order valence-corrected chi connectivity index (χ4v) is 5.11. The van der Waals surface area contributed by atoms with Crippen molar-refractivity contribution in [3.05, 3.63) is 58.6 Å². The Morgan fingerprint density at radius 1 is 1.10 bits per heavy atom. The van der Waals surface area contributed by atoms with Crippen molar-refractivity contribution >= 4 is 31.6 Å². The predicted molar refractivity (Wildman–Crippen MR) is 86.8 cm³/mol. The summed E-state index contributed by atoms with van der Waals surface area (Å²) in [5, 5.41) is 0. The summed E-state index contributed by atoms with van der Waals surface area (Å²) < 4.78 is 27.9. The van der Waals surface area contributed by atoms with Crippen LogP contribution in [0.15, 0.2) is 57.9 Å². The van der Waals surface area contributed by atoms with Crippen molar-refractivity contribution in [2.24, 2.45) is 5.73 Å². The molecule has 1 aliphatic rings. The van der Waals surface area contributed by atoms with Gasteiger partial charge in [0, 0.05) is 17.1 Å². The number of fused-ring (bicyclic) bond motifs is 1. The number of halogens is 1. The number of benzene rings is 2. The number of anilines is 1. The van der Waals surface area contributed by atoms with E-state index in [0.717, 1.165) is 11.3 Å². The minimum absolute atomic E-state index is 0.197. The maximum absolute atomic E-state index is 13.0. The molecule has 1 atom stereocenters. The van der Waals surface area contributed by atoms with E-state index in [-0.39, 0.29) is 10.9 Å². The summed E-state index contributed by atoms with van der Waals surface area (Å²) in [5.74, 6) is 0. The maximum atomic E-state index is 13.0. The highest BCUT2D eigenvalue weighted by atomic mass is 79.9. The molecular weight excluding hydrogens is 352 g/mol. The second-order valence-corrected chi connectivity index (χ2v) is 7.74. The maximum Gasteiger partial charge on any atom is 0.265 e. The first-order chi connectivity index (χ1) is 10.00. The molecule has 2 aromatic rings. The first-order valence-electron chi connectivity index (χ1n) is 6.61. The number of sulfonamides is 1. The molecule has 0 spiro atoms. The average molecular weight is 367 g/mol. The van der Waals surface area contributed by atoms with Gasteiger partial charge in [0.25, 0.3) is 10.0 Å². The minimum atomic E-state index is -3.63. The highest BCUT2D eigenvalue weighted by molar-refractivity contribution is 9.10. The monoisotopic (exact) mass is 366 g/mol. The second-order valence-electron chi connectivity index (χ2n) is 5.06. The number of nitrogens with two attached hydrogens (primary N) is 1. The van der Waals surface area contributed by atoms with Crippen LogP contribution >= 0.6 is 15.9 Å². The third-order valence-corrected chi connectivity index (χ3v) is 6.34. The van der Waals surface area contributed by atoms with E-state index in [0.29, 0.717) is 17.4 Å². The van der Waals surface area contributed by atoms with Gasteiger partial charge < -0.3 is 5.73 Å². The first kappa shape index (κ1) is 14.6. The summed E-state index contributed by atoms with van der Waals surface area (Å²) in [4.78, 5) is 0.258. The Morgan fingerprint density at radius 2 is 1.76 bits per heavy atom. The lowest BCUT2D eigenvalue weighted by Gasteiger charge is -2.33. The van der Waals surface area contributed by atoms with E-state index in [9.17, 15) is 8.42 Å². The van der Waals surface area contributed by atoms with Gasteiger partial charge in [-0.1, -0.05) is 30.3 Å². The molecule has 0 aliphatic carbocycles. The van der Waals surface area contributed by atoms with Crippen LogP contribution in [-0.2, 0) is 16.4 Å². The van der Waals surface area contributed by atoms with Crippen LogP contribution in [0.5, 0.6) is 0 Å². The Morgan fingerprint density at radius 3 is 2.52 bits per heavy atom. The Kier molecular flexibility index (Phi) is 3.77. The van der Waals surface area contributed by atoms with Gasteiger partial charge >= 0.3 is 0 Å². The molecule has 0 fully saturated rings. The molecule has 0 saturated carbocycles. The van der Waals surface area contributed by atoms with E-state index in [1.165, 1.54) is 4.31 Å². The number of nitrogens with zero attached hydrogens (tertiary/aromatic N) is 1. The summed E-state index contributed by atoms with van der Waals surface area (Å²) in [7, 11) is -3.63. The van der Waals surface area contributed by atoms with Crippen molar-refractivity contribution in [2.45, 2.75) is 17.4 Å². The number of hydrogen-bond donors (Lipinski definition) is 1. The molecule has 2 N–H and O–H groups in total. The van der Waals surface area contributed by atoms with Crippen molar-refractivity contribution < 1.29 is 8.42 Å².